The fraction of sp³-hybridized carbons (Fsp3) is 0.562. The minimum Gasteiger partial charge on any atom is -0.357 e. The molecule has 122 valence electrons. The fourth-order valence-corrected chi connectivity index (χ4v) is 3.59. The van der Waals surface area contributed by atoms with Gasteiger partial charge in [0.05, 0.1) is 6.07 Å². The number of carbonyl (C=O) groups is 2. The molecule has 0 bridgehead atoms. The lowest BCUT2D eigenvalue weighted by atomic mass is 9.82. The topological polar surface area (TPSA) is 83.4 Å². The Labute approximate surface area is 135 Å². The lowest BCUT2D eigenvalue weighted by Crippen LogP contribution is -2.68. The zero-order chi connectivity index (χ0) is 16.4. The van der Waals surface area contributed by atoms with Crippen LogP contribution in [-0.4, -0.2) is 76.8 Å². The molecule has 0 unspecified atom stereocenters. The number of H-pyrrole nitrogens is 1. The molecular weight excluding hydrogens is 294 g/mol. The lowest BCUT2D eigenvalue weighted by molar-refractivity contribution is -0.152. The first-order valence-electron chi connectivity index (χ1n) is 7.89. The third-order valence-electron chi connectivity index (χ3n) is 5.09. The van der Waals surface area contributed by atoms with Gasteiger partial charge in [0, 0.05) is 32.4 Å². The number of hydrogen-bond acceptors (Lipinski definition) is 4. The third-order valence-corrected chi connectivity index (χ3v) is 5.09. The van der Waals surface area contributed by atoms with Crippen LogP contribution in [0.3, 0.4) is 0 Å². The second-order valence-corrected chi connectivity index (χ2v) is 6.21. The molecule has 23 heavy (non-hydrogen) atoms. The summed E-state index contributed by atoms with van der Waals surface area (Å²) in [5.74, 6) is 0.00409. The van der Waals surface area contributed by atoms with Crippen LogP contribution in [0.1, 0.15) is 23.3 Å². The van der Waals surface area contributed by atoms with Crippen molar-refractivity contribution in [3.63, 3.8) is 0 Å². The molecule has 0 aliphatic carbocycles. The standard InChI is InChI=1S/C16H21N5O2/c1-19-11-12-21(10-6-17)15(23)16(19)4-8-20(9-5-16)14(22)13-3-2-7-18-13/h2-3,7,18H,4-5,8-12H2,1H3. The highest BCUT2D eigenvalue weighted by atomic mass is 16.2. The Hall–Kier alpha value is -2.33. The molecule has 0 saturated carbocycles. The minimum absolute atomic E-state index is 0.0235. The Morgan fingerprint density at radius 3 is 2.70 bits per heavy atom. The highest BCUT2D eigenvalue weighted by molar-refractivity contribution is 5.93. The molecule has 7 heteroatoms. The van der Waals surface area contributed by atoms with E-state index in [1.807, 2.05) is 7.05 Å². The highest BCUT2D eigenvalue weighted by Gasteiger charge is 2.49. The number of likely N-dealkylation sites (tertiary alicyclic amines) is 1. The predicted molar refractivity (Wildman–Crippen MR) is 83.5 cm³/mol. The van der Waals surface area contributed by atoms with E-state index in [0.29, 0.717) is 38.2 Å². The quantitative estimate of drug-likeness (QED) is 0.795. The molecule has 1 aromatic heterocycles. The number of aromatic nitrogens is 1. The van der Waals surface area contributed by atoms with Crippen molar-refractivity contribution < 1.29 is 9.59 Å². The highest BCUT2D eigenvalue weighted by Crippen LogP contribution is 2.33. The number of amides is 2. The number of hydrogen-bond donors (Lipinski definition) is 1. The molecule has 7 nitrogen and oxygen atoms in total. The van der Waals surface area contributed by atoms with Crippen molar-refractivity contribution in [1.82, 2.24) is 19.7 Å². The third kappa shape index (κ3) is 2.59. The van der Waals surface area contributed by atoms with Crippen molar-refractivity contribution in [1.29, 1.82) is 5.26 Å². The number of nitrogens with zero attached hydrogens (tertiary/aromatic N) is 4. The Kier molecular flexibility index (Phi) is 4.09. The molecule has 3 heterocycles. The summed E-state index contributed by atoms with van der Waals surface area (Å²) >= 11 is 0. The van der Waals surface area contributed by atoms with E-state index in [4.69, 9.17) is 5.26 Å². The van der Waals surface area contributed by atoms with E-state index < -0.39 is 5.54 Å². The lowest BCUT2D eigenvalue weighted by Gasteiger charge is -2.51. The summed E-state index contributed by atoms with van der Waals surface area (Å²) in [6.07, 6.45) is 2.95. The van der Waals surface area contributed by atoms with Gasteiger partial charge >= 0.3 is 0 Å². The van der Waals surface area contributed by atoms with Crippen LogP contribution in [0.25, 0.3) is 0 Å². The summed E-state index contributed by atoms with van der Waals surface area (Å²) in [6.45, 7) is 2.59. The van der Waals surface area contributed by atoms with Crippen LogP contribution in [0.15, 0.2) is 18.3 Å². The number of carbonyl (C=O) groups excluding carboxylic acids is 2. The number of piperidine rings is 1. The second kappa shape index (κ2) is 6.05. The molecule has 3 rings (SSSR count). The van der Waals surface area contributed by atoms with Gasteiger partial charge in [0.1, 0.15) is 17.8 Å². The Bertz CT molecular complexity index is 625. The van der Waals surface area contributed by atoms with Crippen LogP contribution in [0.4, 0.5) is 0 Å². The van der Waals surface area contributed by atoms with Crippen LogP contribution in [0.2, 0.25) is 0 Å². The van der Waals surface area contributed by atoms with Gasteiger partial charge in [-0.25, -0.2) is 0 Å². The fourth-order valence-electron chi connectivity index (χ4n) is 3.59. The Balaban J connectivity index is 1.72. The summed E-state index contributed by atoms with van der Waals surface area (Å²) in [6, 6.07) is 5.63. The number of likely N-dealkylation sites (N-methyl/N-ethyl adjacent to an activating group) is 1. The zero-order valence-electron chi connectivity index (χ0n) is 13.3. The molecule has 1 spiro atoms. The average Bonchev–Trinajstić information content (AvgIpc) is 3.10. The van der Waals surface area contributed by atoms with Crippen LogP contribution in [0, 0.1) is 11.3 Å². The largest absolute Gasteiger partial charge is 0.357 e. The number of nitriles is 1. The maximum absolute atomic E-state index is 12.8. The SMILES string of the molecule is CN1CCN(CC#N)C(=O)C12CCN(C(=O)c1ccc[nH]1)CC2. The molecule has 0 atom stereocenters. The number of rotatable bonds is 2. The summed E-state index contributed by atoms with van der Waals surface area (Å²) in [7, 11) is 1.96. The van der Waals surface area contributed by atoms with Gasteiger partial charge in [0.2, 0.25) is 5.91 Å². The van der Waals surface area contributed by atoms with Crippen molar-refractivity contribution in [2.75, 3.05) is 39.8 Å². The Morgan fingerprint density at radius 1 is 1.35 bits per heavy atom. The number of piperazine rings is 1. The molecule has 2 fully saturated rings. The molecule has 0 aromatic carbocycles. The monoisotopic (exact) mass is 315 g/mol. The summed E-state index contributed by atoms with van der Waals surface area (Å²) in [4.78, 5) is 33.7. The molecule has 2 amide bonds. The van der Waals surface area contributed by atoms with Gasteiger partial charge in [-0.05, 0) is 32.0 Å². The van der Waals surface area contributed by atoms with Crippen LogP contribution in [0.5, 0.6) is 0 Å². The predicted octanol–water partition coefficient (Wildman–Crippen LogP) is 0.287. The first kappa shape index (κ1) is 15.6. The van der Waals surface area contributed by atoms with E-state index in [9.17, 15) is 9.59 Å². The van der Waals surface area contributed by atoms with Crippen molar-refractivity contribution >= 4 is 11.8 Å². The van der Waals surface area contributed by atoms with Crippen molar-refractivity contribution in [3.05, 3.63) is 24.0 Å². The zero-order valence-corrected chi connectivity index (χ0v) is 13.3. The van der Waals surface area contributed by atoms with Crippen molar-refractivity contribution in [2.45, 2.75) is 18.4 Å². The normalized spacial score (nSPS) is 21.5. The summed E-state index contributed by atoms with van der Waals surface area (Å²) in [5, 5.41) is 8.90. The van der Waals surface area contributed by atoms with Crippen LogP contribution < -0.4 is 0 Å². The van der Waals surface area contributed by atoms with E-state index in [0.717, 1.165) is 6.54 Å². The molecule has 1 N–H and O–H groups in total. The van der Waals surface area contributed by atoms with E-state index in [1.165, 1.54) is 0 Å². The van der Waals surface area contributed by atoms with Gasteiger partial charge in [-0.15, -0.1) is 0 Å². The molecular formula is C16H21N5O2. The van der Waals surface area contributed by atoms with Crippen LogP contribution >= 0.6 is 0 Å². The average molecular weight is 315 g/mol. The maximum atomic E-state index is 12.8. The summed E-state index contributed by atoms with van der Waals surface area (Å²) in [5.41, 5.74) is 0.0112. The maximum Gasteiger partial charge on any atom is 0.270 e. The van der Waals surface area contributed by atoms with Crippen molar-refractivity contribution in [2.24, 2.45) is 0 Å². The molecule has 1 aromatic rings. The van der Waals surface area contributed by atoms with Gasteiger partial charge in [-0.3, -0.25) is 14.5 Å². The first-order chi connectivity index (χ1) is 11.1. The van der Waals surface area contributed by atoms with Crippen molar-refractivity contribution in [3.8, 4) is 6.07 Å². The smallest absolute Gasteiger partial charge is 0.270 e. The van der Waals surface area contributed by atoms with Crippen LogP contribution in [-0.2, 0) is 4.79 Å². The van der Waals surface area contributed by atoms with Gasteiger partial charge in [0.15, 0.2) is 0 Å². The van der Waals surface area contributed by atoms with Gasteiger partial charge in [-0.1, -0.05) is 0 Å². The number of nitrogens with one attached hydrogen (secondary N) is 1. The molecule has 2 saturated heterocycles. The van der Waals surface area contributed by atoms with E-state index in [-0.39, 0.29) is 18.4 Å². The second-order valence-electron chi connectivity index (χ2n) is 6.21. The van der Waals surface area contributed by atoms with E-state index in [2.05, 4.69) is 16.0 Å². The van der Waals surface area contributed by atoms with E-state index in [1.54, 1.807) is 28.1 Å². The Morgan fingerprint density at radius 2 is 2.09 bits per heavy atom. The molecule has 2 aliphatic rings. The molecule has 2 aliphatic heterocycles. The first-order valence-corrected chi connectivity index (χ1v) is 7.89. The van der Waals surface area contributed by atoms with Gasteiger partial charge in [0.25, 0.3) is 5.91 Å². The minimum atomic E-state index is -0.568. The van der Waals surface area contributed by atoms with E-state index >= 15 is 0 Å². The summed E-state index contributed by atoms with van der Waals surface area (Å²) < 4.78 is 0. The van der Waals surface area contributed by atoms with Gasteiger partial charge in [-0.2, -0.15) is 5.26 Å². The van der Waals surface area contributed by atoms with Gasteiger partial charge < -0.3 is 14.8 Å². The number of aromatic amines is 1. The molecule has 0 radical (unpaired) electrons.